The maximum absolute atomic E-state index is 6.13. The number of nitrogens with two attached hydrogens (primary N) is 1. The minimum Gasteiger partial charge on any atom is -0.437 e. The first kappa shape index (κ1) is 14.4. The molecule has 0 aliphatic heterocycles. The Hall–Kier alpha value is -1.97. The van der Waals surface area contributed by atoms with Gasteiger partial charge >= 0.3 is 0 Å². The topological polar surface area (TPSA) is 53.1 Å². The molecule has 2 N–H and O–H groups in total. The lowest BCUT2D eigenvalue weighted by Gasteiger charge is -2.15. The number of aromatic nitrogens is 2. The molecule has 20 heavy (non-hydrogen) atoms. The van der Waals surface area contributed by atoms with Crippen LogP contribution >= 0.6 is 0 Å². The summed E-state index contributed by atoms with van der Waals surface area (Å²) in [6.45, 7) is 11.0. The van der Waals surface area contributed by atoms with E-state index in [-0.39, 0.29) is 0 Å². The molecule has 0 unspecified atom stereocenters. The summed E-state index contributed by atoms with van der Waals surface area (Å²) >= 11 is 0. The fourth-order valence-electron chi connectivity index (χ4n) is 2.22. The summed E-state index contributed by atoms with van der Waals surface area (Å²) in [5, 5.41) is 4.44. The molecular formula is C16H23N3O. The fourth-order valence-corrected chi connectivity index (χ4v) is 2.22. The Morgan fingerprint density at radius 3 is 2.45 bits per heavy atom. The van der Waals surface area contributed by atoms with Crippen LogP contribution in [0, 0.1) is 27.7 Å². The molecule has 1 heterocycles. The molecule has 0 bridgehead atoms. The van der Waals surface area contributed by atoms with Crippen molar-refractivity contribution in [1.29, 1.82) is 0 Å². The zero-order valence-corrected chi connectivity index (χ0v) is 12.9. The molecule has 0 atom stereocenters. The summed E-state index contributed by atoms with van der Waals surface area (Å²) in [5.41, 5.74) is 11.0. The van der Waals surface area contributed by atoms with Crippen LogP contribution in [-0.4, -0.2) is 9.78 Å². The molecule has 0 aliphatic rings. The third kappa shape index (κ3) is 2.50. The first-order chi connectivity index (χ1) is 9.45. The van der Waals surface area contributed by atoms with Crippen LogP contribution in [0.4, 0.5) is 5.69 Å². The lowest BCUT2D eigenvalue weighted by atomic mass is 10.1. The number of rotatable bonds is 4. The molecule has 0 fully saturated rings. The summed E-state index contributed by atoms with van der Waals surface area (Å²) in [7, 11) is 0. The highest BCUT2D eigenvalue weighted by Gasteiger charge is 2.17. The van der Waals surface area contributed by atoms with E-state index in [9.17, 15) is 0 Å². The molecule has 0 saturated heterocycles. The van der Waals surface area contributed by atoms with Crippen molar-refractivity contribution in [2.45, 2.75) is 47.6 Å². The minimum atomic E-state index is 0.624. The fraction of sp³-hybridized carbons (Fsp3) is 0.438. The third-order valence-corrected chi connectivity index (χ3v) is 3.63. The van der Waals surface area contributed by atoms with Crippen LogP contribution in [-0.2, 0) is 6.54 Å². The maximum atomic E-state index is 6.13. The predicted octanol–water partition coefficient (Wildman–Crippen LogP) is 3.90. The van der Waals surface area contributed by atoms with Crippen molar-refractivity contribution in [1.82, 2.24) is 9.78 Å². The van der Waals surface area contributed by atoms with Crippen LogP contribution in [0.15, 0.2) is 12.1 Å². The van der Waals surface area contributed by atoms with Crippen molar-refractivity contribution < 1.29 is 4.74 Å². The van der Waals surface area contributed by atoms with Crippen molar-refractivity contribution in [3.05, 3.63) is 34.5 Å². The third-order valence-electron chi connectivity index (χ3n) is 3.63. The van der Waals surface area contributed by atoms with E-state index in [1.807, 2.05) is 18.5 Å². The molecule has 1 aromatic heterocycles. The standard InChI is InChI=1S/C16H23N3O/c1-6-9-19-16(14(17)13(5)18-19)20-15-11(3)8-7-10(2)12(15)4/h7-8H,6,9,17H2,1-5H3. The van der Waals surface area contributed by atoms with E-state index in [0.29, 0.717) is 11.6 Å². The molecule has 0 radical (unpaired) electrons. The van der Waals surface area contributed by atoms with Crippen LogP contribution < -0.4 is 10.5 Å². The zero-order valence-electron chi connectivity index (χ0n) is 12.9. The van der Waals surface area contributed by atoms with E-state index >= 15 is 0 Å². The Morgan fingerprint density at radius 1 is 1.15 bits per heavy atom. The Bertz CT molecular complexity index is 629. The Balaban J connectivity index is 2.47. The first-order valence-electron chi connectivity index (χ1n) is 7.03. The molecule has 2 aromatic rings. The highest BCUT2D eigenvalue weighted by Crippen LogP contribution is 2.34. The van der Waals surface area contributed by atoms with Crippen LogP contribution in [0.25, 0.3) is 0 Å². The zero-order chi connectivity index (χ0) is 14.9. The van der Waals surface area contributed by atoms with E-state index in [1.165, 1.54) is 5.56 Å². The first-order valence-corrected chi connectivity index (χ1v) is 7.03. The van der Waals surface area contributed by atoms with E-state index in [0.717, 1.165) is 35.5 Å². The number of nitrogen functional groups attached to an aromatic ring is 1. The highest BCUT2D eigenvalue weighted by molar-refractivity contribution is 5.56. The smallest absolute Gasteiger partial charge is 0.241 e. The molecule has 0 aliphatic carbocycles. The van der Waals surface area contributed by atoms with Gasteiger partial charge in [0.25, 0.3) is 0 Å². The van der Waals surface area contributed by atoms with Gasteiger partial charge in [-0.25, -0.2) is 4.68 Å². The van der Waals surface area contributed by atoms with Crippen molar-refractivity contribution in [3.63, 3.8) is 0 Å². The Kier molecular flexibility index (Phi) is 4.02. The number of anilines is 1. The quantitative estimate of drug-likeness (QED) is 0.919. The largest absolute Gasteiger partial charge is 0.437 e. The van der Waals surface area contributed by atoms with E-state index in [1.54, 1.807) is 0 Å². The summed E-state index contributed by atoms with van der Waals surface area (Å²) in [5.74, 6) is 1.54. The average molecular weight is 273 g/mol. The van der Waals surface area contributed by atoms with Gasteiger partial charge in [-0.2, -0.15) is 5.10 Å². The van der Waals surface area contributed by atoms with Gasteiger partial charge in [0.05, 0.1) is 5.69 Å². The number of benzene rings is 1. The van der Waals surface area contributed by atoms with Crippen molar-refractivity contribution >= 4 is 5.69 Å². The average Bonchev–Trinajstić information content (AvgIpc) is 2.67. The van der Waals surface area contributed by atoms with Gasteiger partial charge in [-0.05, 0) is 50.8 Å². The predicted molar refractivity (Wildman–Crippen MR) is 82.4 cm³/mol. The van der Waals surface area contributed by atoms with E-state index in [4.69, 9.17) is 10.5 Å². The summed E-state index contributed by atoms with van der Waals surface area (Å²) in [6, 6.07) is 4.18. The number of hydrogen-bond donors (Lipinski definition) is 1. The van der Waals surface area contributed by atoms with Crippen LogP contribution in [0.5, 0.6) is 11.6 Å². The number of hydrogen-bond acceptors (Lipinski definition) is 3. The van der Waals surface area contributed by atoms with Gasteiger partial charge < -0.3 is 10.5 Å². The SMILES string of the molecule is CCCn1nc(C)c(N)c1Oc1c(C)ccc(C)c1C. The normalized spacial score (nSPS) is 10.8. The number of ether oxygens (including phenoxy) is 1. The molecule has 4 heteroatoms. The van der Waals surface area contributed by atoms with Crippen molar-refractivity contribution in [2.75, 3.05) is 5.73 Å². The van der Waals surface area contributed by atoms with Gasteiger partial charge in [0, 0.05) is 6.54 Å². The van der Waals surface area contributed by atoms with E-state index in [2.05, 4.69) is 38.0 Å². The summed E-state index contributed by atoms with van der Waals surface area (Å²) in [4.78, 5) is 0. The molecule has 108 valence electrons. The van der Waals surface area contributed by atoms with Gasteiger partial charge in [0.2, 0.25) is 5.88 Å². The number of aryl methyl sites for hydroxylation is 4. The van der Waals surface area contributed by atoms with E-state index < -0.39 is 0 Å². The molecule has 0 spiro atoms. The molecule has 4 nitrogen and oxygen atoms in total. The van der Waals surface area contributed by atoms with Gasteiger partial charge in [0.1, 0.15) is 11.4 Å². The highest BCUT2D eigenvalue weighted by atomic mass is 16.5. The van der Waals surface area contributed by atoms with Crippen LogP contribution in [0.3, 0.4) is 0 Å². The van der Waals surface area contributed by atoms with Gasteiger partial charge in [-0.15, -0.1) is 0 Å². The lowest BCUT2D eigenvalue weighted by Crippen LogP contribution is -2.04. The van der Waals surface area contributed by atoms with Gasteiger partial charge in [0.15, 0.2) is 0 Å². The van der Waals surface area contributed by atoms with Crippen LogP contribution in [0.1, 0.15) is 35.7 Å². The maximum Gasteiger partial charge on any atom is 0.241 e. The molecule has 0 amide bonds. The molecule has 0 saturated carbocycles. The second-order valence-electron chi connectivity index (χ2n) is 5.28. The second-order valence-corrected chi connectivity index (χ2v) is 5.28. The summed E-state index contributed by atoms with van der Waals surface area (Å²) in [6.07, 6.45) is 0.989. The lowest BCUT2D eigenvalue weighted by molar-refractivity contribution is 0.405. The molecule has 2 rings (SSSR count). The second kappa shape index (κ2) is 5.57. The molecular weight excluding hydrogens is 250 g/mol. The summed E-state index contributed by atoms with van der Waals surface area (Å²) < 4.78 is 7.98. The monoisotopic (exact) mass is 273 g/mol. The van der Waals surface area contributed by atoms with Gasteiger partial charge in [-0.1, -0.05) is 19.1 Å². The molecule has 1 aromatic carbocycles. The van der Waals surface area contributed by atoms with Gasteiger partial charge in [-0.3, -0.25) is 0 Å². The Labute approximate surface area is 120 Å². The van der Waals surface area contributed by atoms with Crippen molar-refractivity contribution in [2.24, 2.45) is 0 Å². The minimum absolute atomic E-state index is 0.624. The van der Waals surface area contributed by atoms with Crippen molar-refractivity contribution in [3.8, 4) is 11.6 Å². The Morgan fingerprint density at radius 2 is 1.80 bits per heavy atom. The number of nitrogens with zero attached hydrogens (tertiary/aromatic N) is 2. The van der Waals surface area contributed by atoms with Crippen LogP contribution in [0.2, 0.25) is 0 Å².